The fourth-order valence-corrected chi connectivity index (χ4v) is 6.30. The lowest BCUT2D eigenvalue weighted by molar-refractivity contribution is 0.00706. The molecule has 0 bridgehead atoms. The van der Waals surface area contributed by atoms with E-state index < -0.39 is 0 Å². The first kappa shape index (κ1) is 25.1. The highest BCUT2D eigenvalue weighted by Crippen LogP contribution is 2.55. The molecule has 0 amide bonds. The summed E-state index contributed by atoms with van der Waals surface area (Å²) < 4.78 is 6.62. The fraction of sp³-hybridized carbons (Fsp3) is 0.700. The number of hydrogen-bond donors (Lipinski definition) is 1. The van der Waals surface area contributed by atoms with Crippen molar-refractivity contribution in [2.75, 3.05) is 13.1 Å². The van der Waals surface area contributed by atoms with Crippen LogP contribution in [0.25, 0.3) is 0 Å². The number of phenols is 1. The van der Waals surface area contributed by atoms with E-state index in [0.717, 1.165) is 43.7 Å². The molecule has 0 fully saturated rings. The molecule has 4 nitrogen and oxygen atoms in total. The average Bonchev–Trinajstić information content (AvgIpc) is 3.08. The predicted octanol–water partition coefficient (Wildman–Crippen LogP) is 7.35. The molecule has 34 heavy (non-hydrogen) atoms. The molecule has 4 rings (SSSR count). The van der Waals surface area contributed by atoms with E-state index in [1.807, 2.05) is 12.4 Å². The third-order valence-electron chi connectivity index (χ3n) is 8.39. The van der Waals surface area contributed by atoms with Crippen molar-refractivity contribution in [2.45, 2.75) is 116 Å². The summed E-state index contributed by atoms with van der Waals surface area (Å²) in [5.41, 5.74) is 3.43. The lowest BCUT2D eigenvalue weighted by Crippen LogP contribution is -2.46. The SMILES string of the molecule is CCCCCCC(C)(C)c1cc(O)c2c(c1)OC(C)(C)[C@H]1CC=C(CN3C=NC(C)(C)C3)CC21. The Hall–Kier alpha value is -1.97. The first-order valence-electron chi connectivity index (χ1n) is 13.5. The predicted molar refractivity (Wildman–Crippen MR) is 142 cm³/mol. The third kappa shape index (κ3) is 5.16. The van der Waals surface area contributed by atoms with E-state index in [0.29, 0.717) is 11.7 Å². The zero-order valence-electron chi connectivity index (χ0n) is 22.6. The Kier molecular flexibility index (Phi) is 6.83. The summed E-state index contributed by atoms with van der Waals surface area (Å²) in [5, 5.41) is 11.3. The number of nitrogens with zero attached hydrogens (tertiary/aromatic N) is 2. The molecular formula is C30H46N2O2. The highest BCUT2D eigenvalue weighted by atomic mass is 16.5. The zero-order chi connectivity index (χ0) is 24.7. The maximum absolute atomic E-state index is 11.3. The monoisotopic (exact) mass is 466 g/mol. The molecule has 2 aliphatic heterocycles. The van der Waals surface area contributed by atoms with Crippen LogP contribution in [-0.4, -0.2) is 40.6 Å². The summed E-state index contributed by atoms with van der Waals surface area (Å²) in [4.78, 5) is 6.98. The Balaban J connectivity index is 1.57. The van der Waals surface area contributed by atoms with Crippen molar-refractivity contribution in [3.8, 4) is 11.5 Å². The standard InChI is InChI=1S/C30H46N2O2/c1-8-9-10-11-14-28(2,3)22-16-25(33)27-23-15-21(18-32-19-29(4,5)31-20-32)12-13-24(23)30(6,7)34-26(27)17-22/h12,16-17,20,23-24,33H,8-11,13-15,18-19H2,1-7H3/t23?,24-/m0/s1. The zero-order valence-corrected chi connectivity index (χ0v) is 22.6. The molecule has 0 saturated carbocycles. The average molecular weight is 467 g/mol. The Labute approximate surface area is 207 Å². The van der Waals surface area contributed by atoms with Crippen molar-refractivity contribution >= 4 is 6.34 Å². The van der Waals surface area contributed by atoms with E-state index in [-0.39, 0.29) is 22.5 Å². The second-order valence-electron chi connectivity index (χ2n) is 12.8. The molecule has 0 spiro atoms. The maximum Gasteiger partial charge on any atom is 0.127 e. The van der Waals surface area contributed by atoms with Gasteiger partial charge in [-0.2, -0.15) is 0 Å². The van der Waals surface area contributed by atoms with E-state index >= 15 is 0 Å². The van der Waals surface area contributed by atoms with Crippen LogP contribution in [-0.2, 0) is 5.41 Å². The summed E-state index contributed by atoms with van der Waals surface area (Å²) in [6.45, 7) is 17.6. The quantitative estimate of drug-likeness (QED) is 0.322. The van der Waals surface area contributed by atoms with Crippen molar-refractivity contribution in [1.82, 2.24) is 4.90 Å². The van der Waals surface area contributed by atoms with Gasteiger partial charge in [0.25, 0.3) is 0 Å². The molecule has 2 heterocycles. The minimum atomic E-state index is -0.257. The number of phenolic OH excluding ortho intramolecular Hbond substituents is 1. The van der Waals surface area contributed by atoms with Gasteiger partial charge in [0.1, 0.15) is 17.1 Å². The van der Waals surface area contributed by atoms with Gasteiger partial charge in [-0.25, -0.2) is 0 Å². The number of unbranched alkanes of at least 4 members (excludes halogenated alkanes) is 3. The van der Waals surface area contributed by atoms with Crippen LogP contribution in [0.4, 0.5) is 0 Å². The van der Waals surface area contributed by atoms with Crippen molar-refractivity contribution in [3.63, 3.8) is 0 Å². The molecule has 1 aromatic rings. The van der Waals surface area contributed by atoms with E-state index in [9.17, 15) is 5.11 Å². The minimum absolute atomic E-state index is 0.00302. The van der Waals surface area contributed by atoms with Crippen molar-refractivity contribution in [2.24, 2.45) is 10.9 Å². The number of hydrogen-bond acceptors (Lipinski definition) is 4. The lowest BCUT2D eigenvalue weighted by atomic mass is 9.66. The Bertz CT molecular complexity index is 957. The number of aliphatic imine (C=N–C) groups is 1. The number of rotatable bonds is 8. The van der Waals surface area contributed by atoms with Gasteiger partial charge in [-0.05, 0) is 70.1 Å². The van der Waals surface area contributed by atoms with Crippen LogP contribution in [0.5, 0.6) is 11.5 Å². The molecule has 1 aliphatic carbocycles. The Morgan fingerprint density at radius 2 is 1.91 bits per heavy atom. The molecular weight excluding hydrogens is 420 g/mol. The highest BCUT2D eigenvalue weighted by molar-refractivity contribution is 5.60. The summed E-state index contributed by atoms with van der Waals surface area (Å²) in [5.74, 6) is 1.97. The van der Waals surface area contributed by atoms with E-state index in [1.54, 1.807) is 0 Å². The minimum Gasteiger partial charge on any atom is -0.508 e. The molecule has 1 unspecified atom stereocenters. The first-order valence-corrected chi connectivity index (χ1v) is 13.5. The summed E-state index contributed by atoms with van der Waals surface area (Å²) in [6.07, 6.45) is 12.6. The summed E-state index contributed by atoms with van der Waals surface area (Å²) >= 11 is 0. The van der Waals surface area contributed by atoms with Crippen LogP contribution in [0.15, 0.2) is 28.8 Å². The molecule has 4 heteroatoms. The van der Waals surface area contributed by atoms with Crippen LogP contribution < -0.4 is 4.74 Å². The van der Waals surface area contributed by atoms with E-state index in [2.05, 4.69) is 70.5 Å². The largest absolute Gasteiger partial charge is 0.508 e. The number of fused-ring (bicyclic) bond motifs is 3. The van der Waals surface area contributed by atoms with Gasteiger partial charge in [0, 0.05) is 30.5 Å². The smallest absolute Gasteiger partial charge is 0.127 e. The second-order valence-corrected chi connectivity index (χ2v) is 12.8. The van der Waals surface area contributed by atoms with Crippen LogP contribution in [0, 0.1) is 5.92 Å². The van der Waals surface area contributed by atoms with Crippen molar-refractivity contribution in [3.05, 3.63) is 34.9 Å². The number of benzene rings is 1. The van der Waals surface area contributed by atoms with Gasteiger partial charge >= 0.3 is 0 Å². The van der Waals surface area contributed by atoms with Gasteiger partial charge in [-0.15, -0.1) is 0 Å². The topological polar surface area (TPSA) is 45.1 Å². The molecule has 0 saturated heterocycles. The first-order chi connectivity index (χ1) is 15.9. The number of ether oxygens (including phenoxy) is 1. The summed E-state index contributed by atoms with van der Waals surface area (Å²) in [6, 6.07) is 4.27. The third-order valence-corrected chi connectivity index (χ3v) is 8.39. The van der Waals surface area contributed by atoms with Gasteiger partial charge in [0.2, 0.25) is 0 Å². The summed E-state index contributed by atoms with van der Waals surface area (Å²) in [7, 11) is 0. The molecule has 188 valence electrons. The normalized spacial score (nSPS) is 24.9. The van der Waals surface area contributed by atoms with Gasteiger partial charge in [0.15, 0.2) is 0 Å². The molecule has 3 aliphatic rings. The van der Waals surface area contributed by atoms with Crippen molar-refractivity contribution < 1.29 is 9.84 Å². The van der Waals surface area contributed by atoms with Crippen LogP contribution in [0.2, 0.25) is 0 Å². The van der Waals surface area contributed by atoms with E-state index in [1.165, 1.54) is 36.8 Å². The molecule has 1 aromatic carbocycles. The van der Waals surface area contributed by atoms with Gasteiger partial charge in [0.05, 0.1) is 11.9 Å². The van der Waals surface area contributed by atoms with Gasteiger partial charge in [-0.3, -0.25) is 4.99 Å². The molecule has 0 aromatic heterocycles. The van der Waals surface area contributed by atoms with Gasteiger partial charge in [-0.1, -0.05) is 58.1 Å². The van der Waals surface area contributed by atoms with E-state index in [4.69, 9.17) is 4.74 Å². The Morgan fingerprint density at radius 3 is 2.59 bits per heavy atom. The molecule has 2 atom stereocenters. The molecule has 1 N–H and O–H groups in total. The molecule has 0 radical (unpaired) electrons. The number of aromatic hydroxyl groups is 1. The van der Waals surface area contributed by atoms with Crippen LogP contribution in [0.1, 0.15) is 110 Å². The second kappa shape index (κ2) is 9.24. The number of allylic oxidation sites excluding steroid dienone is 1. The lowest BCUT2D eigenvalue weighted by Gasteiger charge is -2.47. The fourth-order valence-electron chi connectivity index (χ4n) is 6.30. The van der Waals surface area contributed by atoms with Gasteiger partial charge < -0.3 is 14.7 Å². The van der Waals surface area contributed by atoms with Crippen LogP contribution >= 0.6 is 0 Å². The maximum atomic E-state index is 11.3. The van der Waals surface area contributed by atoms with Crippen molar-refractivity contribution in [1.29, 1.82) is 0 Å². The van der Waals surface area contributed by atoms with Crippen LogP contribution in [0.3, 0.4) is 0 Å². The highest BCUT2D eigenvalue weighted by Gasteiger charge is 2.46. The Morgan fingerprint density at radius 1 is 1.15 bits per heavy atom.